The van der Waals surface area contributed by atoms with Gasteiger partial charge >= 0.3 is 0 Å². The summed E-state index contributed by atoms with van der Waals surface area (Å²) in [6, 6.07) is 8.42. The largest absolute Gasteiger partial charge is 0.349 e. The molecule has 1 aliphatic heterocycles. The Morgan fingerprint density at radius 1 is 1.12 bits per heavy atom. The average Bonchev–Trinajstić information content (AvgIpc) is 2.55. The van der Waals surface area contributed by atoms with Gasteiger partial charge in [0.2, 0.25) is 11.8 Å². The van der Waals surface area contributed by atoms with Crippen LogP contribution in [0, 0.1) is 5.92 Å². The quantitative estimate of drug-likeness (QED) is 0.827. The molecule has 132 valence electrons. The smallest absolute Gasteiger partial charge is 0.223 e. The summed E-state index contributed by atoms with van der Waals surface area (Å²) in [6.45, 7) is 9.33. The fraction of sp³-hybridized carbons (Fsp3) is 0.579. The van der Waals surface area contributed by atoms with Gasteiger partial charge in [-0.2, -0.15) is 0 Å². The van der Waals surface area contributed by atoms with E-state index in [0.29, 0.717) is 18.3 Å². The molecule has 0 aliphatic carbocycles. The molecule has 1 aromatic rings. The Bertz CT molecular complexity index is 563. The van der Waals surface area contributed by atoms with E-state index in [1.807, 2.05) is 23.6 Å². The van der Waals surface area contributed by atoms with Gasteiger partial charge in [0.15, 0.2) is 0 Å². The Morgan fingerprint density at radius 2 is 1.71 bits per heavy atom. The van der Waals surface area contributed by atoms with Crippen LogP contribution in [0.4, 0.5) is 0 Å². The van der Waals surface area contributed by atoms with Gasteiger partial charge in [-0.05, 0) is 37.5 Å². The number of piperidine rings is 1. The van der Waals surface area contributed by atoms with E-state index in [1.54, 1.807) is 6.92 Å². The summed E-state index contributed by atoms with van der Waals surface area (Å²) < 4.78 is 0. The number of rotatable bonds is 5. The Balaban J connectivity index is 1.86. The summed E-state index contributed by atoms with van der Waals surface area (Å²) in [5.74, 6) is 0.215. The summed E-state index contributed by atoms with van der Waals surface area (Å²) in [6.07, 6.45) is 1.50. The Hall–Kier alpha value is -1.49. The Labute approximate surface area is 149 Å². The number of carbonyl (C=O) groups excluding carboxylic acids is 2. The van der Waals surface area contributed by atoms with Gasteiger partial charge < -0.3 is 10.2 Å². The van der Waals surface area contributed by atoms with Gasteiger partial charge in [-0.1, -0.05) is 26.0 Å². The van der Waals surface area contributed by atoms with Gasteiger partial charge in [-0.15, -0.1) is 11.8 Å². The molecule has 1 aromatic carbocycles. The minimum absolute atomic E-state index is 0.00133. The maximum atomic E-state index is 12.5. The molecular weight excluding hydrogens is 320 g/mol. The molecule has 1 saturated heterocycles. The second kappa shape index (κ2) is 8.56. The predicted octanol–water partition coefficient (Wildman–Crippen LogP) is 3.62. The van der Waals surface area contributed by atoms with Crippen LogP contribution in [-0.2, 0) is 9.59 Å². The fourth-order valence-electron chi connectivity index (χ4n) is 2.98. The highest BCUT2D eigenvalue weighted by Gasteiger charge is 2.26. The molecule has 0 saturated carbocycles. The van der Waals surface area contributed by atoms with Crippen molar-refractivity contribution in [2.75, 3.05) is 13.1 Å². The molecule has 2 rings (SSSR count). The van der Waals surface area contributed by atoms with E-state index in [-0.39, 0.29) is 23.8 Å². The third-order valence-corrected chi connectivity index (χ3v) is 5.44. The van der Waals surface area contributed by atoms with Gasteiger partial charge in [0.25, 0.3) is 0 Å². The molecule has 0 bridgehead atoms. The second-order valence-corrected chi connectivity index (χ2v) is 8.40. The lowest BCUT2D eigenvalue weighted by Gasteiger charge is -2.31. The molecule has 1 fully saturated rings. The highest BCUT2D eigenvalue weighted by atomic mass is 32.2. The van der Waals surface area contributed by atoms with Crippen LogP contribution in [-0.4, -0.2) is 35.1 Å². The third-order valence-electron chi connectivity index (χ3n) is 4.42. The SMILES string of the molecule is CC(=O)N1CCC(C(=O)N[C@H](C)c2ccc(SC(C)C)cc2)CC1. The van der Waals surface area contributed by atoms with Crippen LogP contribution in [0.1, 0.15) is 52.1 Å². The molecule has 0 spiro atoms. The number of amides is 2. The monoisotopic (exact) mass is 348 g/mol. The zero-order chi connectivity index (χ0) is 17.7. The molecule has 5 heteroatoms. The number of thioether (sulfide) groups is 1. The van der Waals surface area contributed by atoms with E-state index in [4.69, 9.17) is 0 Å². The summed E-state index contributed by atoms with van der Waals surface area (Å²) >= 11 is 1.84. The molecule has 24 heavy (non-hydrogen) atoms. The van der Waals surface area contributed by atoms with Crippen molar-refractivity contribution in [3.8, 4) is 0 Å². The highest BCUT2D eigenvalue weighted by Crippen LogP contribution is 2.25. The van der Waals surface area contributed by atoms with Crippen molar-refractivity contribution < 1.29 is 9.59 Å². The molecule has 0 radical (unpaired) electrons. The standard InChI is InChI=1S/C19H28N2O2S/c1-13(2)24-18-7-5-16(6-8-18)14(3)20-19(23)17-9-11-21(12-10-17)15(4)22/h5-8,13-14,17H,9-12H2,1-4H3,(H,20,23)/t14-/m1/s1. The first-order valence-electron chi connectivity index (χ1n) is 8.69. The maximum absolute atomic E-state index is 12.5. The first-order chi connectivity index (χ1) is 11.4. The summed E-state index contributed by atoms with van der Waals surface area (Å²) in [5.41, 5.74) is 1.12. The molecule has 4 nitrogen and oxygen atoms in total. The molecule has 1 heterocycles. The Morgan fingerprint density at radius 3 is 2.21 bits per heavy atom. The summed E-state index contributed by atoms with van der Waals surface area (Å²) in [7, 11) is 0. The fourth-order valence-corrected chi connectivity index (χ4v) is 3.82. The van der Waals surface area contributed by atoms with Gasteiger partial charge in [0.05, 0.1) is 6.04 Å². The van der Waals surface area contributed by atoms with Crippen LogP contribution in [0.2, 0.25) is 0 Å². The minimum atomic E-state index is 0.00133. The maximum Gasteiger partial charge on any atom is 0.223 e. The van der Waals surface area contributed by atoms with E-state index in [1.165, 1.54) is 4.90 Å². The Kier molecular flexibility index (Phi) is 6.72. The normalized spacial score (nSPS) is 17.0. The number of benzene rings is 1. The lowest BCUT2D eigenvalue weighted by molar-refractivity contribution is -0.134. The topological polar surface area (TPSA) is 49.4 Å². The third kappa shape index (κ3) is 5.26. The molecule has 0 unspecified atom stereocenters. The number of nitrogens with one attached hydrogen (secondary N) is 1. The number of hydrogen-bond donors (Lipinski definition) is 1. The second-order valence-electron chi connectivity index (χ2n) is 6.75. The molecule has 1 atom stereocenters. The van der Waals surface area contributed by atoms with Gasteiger partial charge in [0, 0.05) is 36.1 Å². The van der Waals surface area contributed by atoms with Gasteiger partial charge in [0.1, 0.15) is 0 Å². The number of likely N-dealkylation sites (tertiary alicyclic amines) is 1. The summed E-state index contributed by atoms with van der Waals surface area (Å²) in [4.78, 5) is 26.9. The lowest BCUT2D eigenvalue weighted by atomic mass is 9.95. The first kappa shape index (κ1) is 18.8. The van der Waals surface area contributed by atoms with Crippen LogP contribution in [0.5, 0.6) is 0 Å². The highest BCUT2D eigenvalue weighted by molar-refractivity contribution is 7.99. The van der Waals surface area contributed by atoms with E-state index in [9.17, 15) is 9.59 Å². The average molecular weight is 349 g/mol. The molecule has 1 N–H and O–H groups in total. The van der Waals surface area contributed by atoms with Crippen molar-refractivity contribution in [2.24, 2.45) is 5.92 Å². The first-order valence-corrected chi connectivity index (χ1v) is 9.57. The van der Waals surface area contributed by atoms with Crippen molar-refractivity contribution in [2.45, 2.75) is 56.7 Å². The number of hydrogen-bond acceptors (Lipinski definition) is 3. The van der Waals surface area contributed by atoms with E-state index < -0.39 is 0 Å². The van der Waals surface area contributed by atoms with E-state index in [0.717, 1.165) is 18.4 Å². The minimum Gasteiger partial charge on any atom is -0.349 e. The lowest BCUT2D eigenvalue weighted by Crippen LogP contribution is -2.42. The number of nitrogens with zero attached hydrogens (tertiary/aromatic N) is 1. The van der Waals surface area contributed by atoms with Crippen LogP contribution in [0.3, 0.4) is 0 Å². The van der Waals surface area contributed by atoms with Crippen molar-refractivity contribution >= 4 is 23.6 Å². The van der Waals surface area contributed by atoms with Gasteiger partial charge in [-0.3, -0.25) is 9.59 Å². The predicted molar refractivity (Wildman–Crippen MR) is 99.0 cm³/mol. The van der Waals surface area contributed by atoms with E-state index >= 15 is 0 Å². The van der Waals surface area contributed by atoms with Crippen LogP contribution < -0.4 is 5.32 Å². The molecule has 0 aromatic heterocycles. The van der Waals surface area contributed by atoms with Crippen molar-refractivity contribution in [3.05, 3.63) is 29.8 Å². The van der Waals surface area contributed by atoms with Crippen molar-refractivity contribution in [3.63, 3.8) is 0 Å². The van der Waals surface area contributed by atoms with E-state index in [2.05, 4.69) is 43.4 Å². The number of carbonyl (C=O) groups is 2. The zero-order valence-corrected chi connectivity index (χ0v) is 15.9. The van der Waals surface area contributed by atoms with Crippen LogP contribution in [0.25, 0.3) is 0 Å². The molecular formula is C19H28N2O2S. The van der Waals surface area contributed by atoms with Crippen LogP contribution >= 0.6 is 11.8 Å². The molecule has 2 amide bonds. The molecule has 1 aliphatic rings. The van der Waals surface area contributed by atoms with Crippen molar-refractivity contribution in [1.82, 2.24) is 10.2 Å². The van der Waals surface area contributed by atoms with Gasteiger partial charge in [-0.25, -0.2) is 0 Å². The summed E-state index contributed by atoms with van der Waals surface area (Å²) in [5, 5.41) is 3.68. The van der Waals surface area contributed by atoms with Crippen LogP contribution in [0.15, 0.2) is 29.2 Å². The zero-order valence-electron chi connectivity index (χ0n) is 15.0. The van der Waals surface area contributed by atoms with Crippen molar-refractivity contribution in [1.29, 1.82) is 0 Å².